The number of benzene rings is 2. The van der Waals surface area contributed by atoms with Crippen LogP contribution in [0.1, 0.15) is 29.5 Å². The lowest BCUT2D eigenvalue weighted by Gasteiger charge is -2.10. The van der Waals surface area contributed by atoms with Gasteiger partial charge in [-0.2, -0.15) is 5.10 Å². The molecule has 1 heterocycles. The first-order valence-electron chi connectivity index (χ1n) is 11.1. The molecule has 0 unspecified atom stereocenters. The van der Waals surface area contributed by atoms with Gasteiger partial charge in [-0.25, -0.2) is 4.68 Å². The van der Waals surface area contributed by atoms with E-state index < -0.39 is 0 Å². The molecule has 1 aromatic heterocycles. The average molecular weight is 421 g/mol. The molecule has 2 aromatic carbocycles. The third-order valence-corrected chi connectivity index (χ3v) is 5.50. The van der Waals surface area contributed by atoms with Gasteiger partial charge in [-0.3, -0.25) is 0 Å². The van der Waals surface area contributed by atoms with Crippen molar-refractivity contribution in [1.29, 1.82) is 0 Å². The van der Waals surface area contributed by atoms with E-state index >= 15 is 0 Å². The van der Waals surface area contributed by atoms with Crippen molar-refractivity contribution >= 4 is 0 Å². The Hall–Kier alpha value is -2.47. The van der Waals surface area contributed by atoms with Gasteiger partial charge in [0.1, 0.15) is 0 Å². The molecule has 0 radical (unpaired) electrons. The van der Waals surface area contributed by atoms with Crippen LogP contribution in [0.15, 0.2) is 54.7 Å². The first-order valence-corrected chi connectivity index (χ1v) is 11.1. The van der Waals surface area contributed by atoms with Gasteiger partial charge >= 0.3 is 0 Å². The molecule has 0 fully saturated rings. The molecule has 1 N–H and O–H groups in total. The zero-order valence-corrected chi connectivity index (χ0v) is 19.4. The number of rotatable bonds is 11. The summed E-state index contributed by atoms with van der Waals surface area (Å²) in [6.45, 7) is 2.19. The highest BCUT2D eigenvalue weighted by molar-refractivity contribution is 5.63. The average Bonchev–Trinajstić information content (AvgIpc) is 3.18. The molecule has 0 spiro atoms. The van der Waals surface area contributed by atoms with Crippen LogP contribution in [0.2, 0.25) is 0 Å². The maximum atomic E-state index is 9.50. The summed E-state index contributed by atoms with van der Waals surface area (Å²) in [4.78, 5) is 4.45. The van der Waals surface area contributed by atoms with Crippen LogP contribution in [0, 0.1) is 0 Å². The monoisotopic (exact) mass is 420 g/mol. The van der Waals surface area contributed by atoms with E-state index in [4.69, 9.17) is 5.10 Å². The molecule has 0 atom stereocenters. The molecule has 3 aromatic rings. The van der Waals surface area contributed by atoms with Crippen molar-refractivity contribution in [2.45, 2.75) is 32.3 Å². The van der Waals surface area contributed by atoms with E-state index in [1.165, 1.54) is 11.1 Å². The van der Waals surface area contributed by atoms with Crippen LogP contribution >= 0.6 is 0 Å². The Bertz CT molecular complexity index is 944. The van der Waals surface area contributed by atoms with Gasteiger partial charge in [-0.05, 0) is 95.8 Å². The summed E-state index contributed by atoms with van der Waals surface area (Å²) in [6, 6.07) is 16.8. The third kappa shape index (κ3) is 6.76. The predicted molar refractivity (Wildman–Crippen MR) is 129 cm³/mol. The van der Waals surface area contributed by atoms with Gasteiger partial charge in [0.2, 0.25) is 0 Å². The first kappa shape index (κ1) is 23.2. The van der Waals surface area contributed by atoms with E-state index in [1.54, 1.807) is 0 Å². The van der Waals surface area contributed by atoms with E-state index in [-0.39, 0.29) is 6.61 Å². The molecule has 0 aliphatic heterocycles. The quantitative estimate of drug-likeness (QED) is 0.509. The van der Waals surface area contributed by atoms with Crippen molar-refractivity contribution in [1.82, 2.24) is 19.6 Å². The summed E-state index contributed by atoms with van der Waals surface area (Å²) >= 11 is 0. The maximum absolute atomic E-state index is 9.50. The minimum absolute atomic E-state index is 0.0347. The Balaban J connectivity index is 1.85. The lowest BCUT2D eigenvalue weighted by Crippen LogP contribution is -2.13. The Labute approximate surface area is 186 Å². The largest absolute Gasteiger partial charge is 0.392 e. The van der Waals surface area contributed by atoms with Crippen LogP contribution in [0.4, 0.5) is 0 Å². The highest BCUT2D eigenvalue weighted by atomic mass is 16.3. The highest BCUT2D eigenvalue weighted by Gasteiger charge is 2.13. The van der Waals surface area contributed by atoms with Crippen molar-refractivity contribution in [3.63, 3.8) is 0 Å². The molecule has 5 heteroatoms. The van der Waals surface area contributed by atoms with Crippen molar-refractivity contribution in [2.24, 2.45) is 0 Å². The van der Waals surface area contributed by atoms with Gasteiger partial charge in [0.05, 0.1) is 18.0 Å². The first-order chi connectivity index (χ1) is 15.0. The highest BCUT2D eigenvalue weighted by Crippen LogP contribution is 2.26. The van der Waals surface area contributed by atoms with Crippen LogP contribution in [0.3, 0.4) is 0 Å². The normalized spacial score (nSPS) is 11.6. The summed E-state index contributed by atoms with van der Waals surface area (Å²) in [5.74, 6) is 0. The lowest BCUT2D eigenvalue weighted by molar-refractivity contribution is 0.282. The van der Waals surface area contributed by atoms with Crippen molar-refractivity contribution in [3.05, 3.63) is 71.4 Å². The van der Waals surface area contributed by atoms with E-state index in [1.807, 2.05) is 28.9 Å². The Kier molecular flexibility index (Phi) is 8.41. The fourth-order valence-electron chi connectivity index (χ4n) is 3.78. The number of aliphatic hydroxyl groups is 1. The molecule has 0 saturated carbocycles. The molecule has 5 nitrogen and oxygen atoms in total. The SMILES string of the molecule is CN(C)CCCc1ccc(-c2nn(-c3cccc(CO)c3)cc2CCCN(C)C)cc1. The lowest BCUT2D eigenvalue weighted by atomic mass is 10.0. The predicted octanol–water partition coefficient (Wildman–Crippen LogP) is 4.02. The van der Waals surface area contributed by atoms with E-state index in [0.29, 0.717) is 0 Å². The Morgan fingerprint density at radius 2 is 1.52 bits per heavy atom. The van der Waals surface area contributed by atoms with Crippen molar-refractivity contribution in [3.8, 4) is 16.9 Å². The Morgan fingerprint density at radius 1 is 0.839 bits per heavy atom. The van der Waals surface area contributed by atoms with E-state index in [0.717, 1.165) is 61.3 Å². The number of hydrogen-bond acceptors (Lipinski definition) is 4. The van der Waals surface area contributed by atoms with Crippen LogP contribution in [0.25, 0.3) is 16.9 Å². The van der Waals surface area contributed by atoms with Gasteiger partial charge < -0.3 is 14.9 Å². The topological polar surface area (TPSA) is 44.5 Å². The standard InChI is InChI=1S/C26H36N4O/c1-28(2)16-6-9-21-12-14-23(15-13-21)26-24(10-7-17-29(3)4)19-30(27-26)25-11-5-8-22(18-25)20-31/h5,8,11-15,18-19,31H,6-7,9-10,16-17,20H2,1-4H3. The molecule has 166 valence electrons. The van der Waals surface area contributed by atoms with Crippen LogP contribution < -0.4 is 0 Å². The van der Waals surface area contributed by atoms with Gasteiger partial charge in [-0.1, -0.05) is 36.4 Å². The molecule has 0 saturated heterocycles. The van der Waals surface area contributed by atoms with Crippen molar-refractivity contribution in [2.75, 3.05) is 41.3 Å². The number of aliphatic hydroxyl groups excluding tert-OH is 1. The molecule has 0 aliphatic carbocycles. The number of aromatic nitrogens is 2. The van der Waals surface area contributed by atoms with Crippen LogP contribution in [0.5, 0.6) is 0 Å². The summed E-state index contributed by atoms with van der Waals surface area (Å²) in [7, 11) is 8.46. The summed E-state index contributed by atoms with van der Waals surface area (Å²) in [5, 5.41) is 14.4. The molecule has 31 heavy (non-hydrogen) atoms. The third-order valence-electron chi connectivity index (χ3n) is 5.50. The van der Waals surface area contributed by atoms with Crippen molar-refractivity contribution < 1.29 is 5.11 Å². The zero-order valence-electron chi connectivity index (χ0n) is 19.4. The van der Waals surface area contributed by atoms with Crippen LogP contribution in [-0.4, -0.2) is 66.0 Å². The number of aryl methyl sites for hydroxylation is 2. The summed E-state index contributed by atoms with van der Waals surface area (Å²) < 4.78 is 1.95. The Morgan fingerprint density at radius 3 is 2.16 bits per heavy atom. The number of hydrogen-bond donors (Lipinski definition) is 1. The second-order valence-corrected chi connectivity index (χ2v) is 8.79. The minimum Gasteiger partial charge on any atom is -0.392 e. The molecule has 0 bridgehead atoms. The molecular weight excluding hydrogens is 384 g/mol. The van der Waals surface area contributed by atoms with E-state index in [9.17, 15) is 5.11 Å². The molecule has 0 aliphatic rings. The fourth-order valence-corrected chi connectivity index (χ4v) is 3.78. The smallest absolute Gasteiger partial charge is 0.0959 e. The maximum Gasteiger partial charge on any atom is 0.0959 e. The molecule has 3 rings (SSSR count). The fraction of sp³-hybridized carbons (Fsp3) is 0.423. The summed E-state index contributed by atoms with van der Waals surface area (Å²) in [6.07, 6.45) is 6.48. The second kappa shape index (κ2) is 11.2. The molecule has 0 amide bonds. The summed E-state index contributed by atoms with van der Waals surface area (Å²) in [5.41, 5.74) is 6.71. The molecular formula is C26H36N4O. The minimum atomic E-state index is 0.0347. The van der Waals surface area contributed by atoms with Gasteiger partial charge in [0, 0.05) is 11.8 Å². The van der Waals surface area contributed by atoms with Gasteiger partial charge in [-0.15, -0.1) is 0 Å². The van der Waals surface area contributed by atoms with Gasteiger partial charge in [0.15, 0.2) is 0 Å². The van der Waals surface area contributed by atoms with Gasteiger partial charge in [0.25, 0.3) is 0 Å². The second-order valence-electron chi connectivity index (χ2n) is 8.79. The van der Waals surface area contributed by atoms with E-state index in [2.05, 4.69) is 68.5 Å². The number of nitrogens with zero attached hydrogens (tertiary/aromatic N) is 4. The van der Waals surface area contributed by atoms with Crippen LogP contribution in [-0.2, 0) is 19.4 Å². The zero-order chi connectivity index (χ0) is 22.2.